The summed E-state index contributed by atoms with van der Waals surface area (Å²) in [6, 6.07) is -0.222. The van der Waals surface area contributed by atoms with Crippen molar-refractivity contribution in [2.45, 2.75) is 26.0 Å². The van der Waals surface area contributed by atoms with E-state index < -0.39 is 6.10 Å². The smallest absolute Gasteiger partial charge is 0.222 e. The Balaban J connectivity index is 2.35. The highest BCUT2D eigenvalue weighted by atomic mass is 16.5. The van der Waals surface area contributed by atoms with Crippen molar-refractivity contribution in [1.29, 1.82) is 0 Å². The van der Waals surface area contributed by atoms with Crippen molar-refractivity contribution < 1.29 is 14.6 Å². The molecule has 12 heavy (non-hydrogen) atoms. The predicted octanol–water partition coefficient (Wildman–Crippen LogP) is -0.482. The molecule has 4 heteroatoms. The van der Waals surface area contributed by atoms with Gasteiger partial charge < -0.3 is 15.2 Å². The van der Waals surface area contributed by atoms with Crippen LogP contribution in [0.15, 0.2) is 0 Å². The topological polar surface area (TPSA) is 58.6 Å². The molecule has 2 atom stereocenters. The number of hydrogen-bond acceptors (Lipinski definition) is 3. The van der Waals surface area contributed by atoms with Crippen LogP contribution in [0.25, 0.3) is 0 Å². The summed E-state index contributed by atoms with van der Waals surface area (Å²) in [5.41, 5.74) is 0. The van der Waals surface area contributed by atoms with Crippen molar-refractivity contribution >= 4 is 5.91 Å². The van der Waals surface area contributed by atoms with Gasteiger partial charge in [0.2, 0.25) is 5.91 Å². The van der Waals surface area contributed by atoms with Gasteiger partial charge in [0.05, 0.1) is 25.4 Å². The van der Waals surface area contributed by atoms with Gasteiger partial charge in [-0.15, -0.1) is 0 Å². The fourth-order valence-electron chi connectivity index (χ4n) is 1.03. The molecule has 1 heterocycles. The second kappa shape index (κ2) is 3.87. The van der Waals surface area contributed by atoms with Gasteiger partial charge in [-0.05, 0) is 0 Å². The maximum atomic E-state index is 11.2. The maximum absolute atomic E-state index is 11.2. The molecule has 1 aliphatic rings. The van der Waals surface area contributed by atoms with Gasteiger partial charge in [0.25, 0.3) is 0 Å². The van der Waals surface area contributed by atoms with Crippen molar-refractivity contribution in [3.8, 4) is 0 Å². The minimum Gasteiger partial charge on any atom is -0.388 e. The monoisotopic (exact) mass is 173 g/mol. The Bertz CT molecular complexity index is 170. The van der Waals surface area contributed by atoms with E-state index in [1.165, 1.54) is 0 Å². The van der Waals surface area contributed by atoms with E-state index in [2.05, 4.69) is 5.32 Å². The molecule has 0 unspecified atom stereocenters. The van der Waals surface area contributed by atoms with Gasteiger partial charge in [-0.3, -0.25) is 4.79 Å². The number of carbonyl (C=O) groups is 1. The fraction of sp³-hybridized carbons (Fsp3) is 0.875. The van der Waals surface area contributed by atoms with Crippen LogP contribution in [0.4, 0.5) is 0 Å². The van der Waals surface area contributed by atoms with E-state index >= 15 is 0 Å². The molecule has 1 amide bonds. The zero-order chi connectivity index (χ0) is 9.14. The van der Waals surface area contributed by atoms with Gasteiger partial charge in [0.15, 0.2) is 0 Å². The molecule has 4 nitrogen and oxygen atoms in total. The lowest BCUT2D eigenvalue weighted by atomic mass is 10.1. The van der Waals surface area contributed by atoms with E-state index in [1.54, 1.807) is 0 Å². The second-order valence-electron chi connectivity index (χ2n) is 3.37. The maximum Gasteiger partial charge on any atom is 0.222 e. The third kappa shape index (κ3) is 2.19. The number of hydrogen-bond donors (Lipinski definition) is 2. The Morgan fingerprint density at radius 3 is 2.67 bits per heavy atom. The lowest BCUT2D eigenvalue weighted by molar-refractivity contribution is -0.125. The zero-order valence-electron chi connectivity index (χ0n) is 7.41. The Morgan fingerprint density at radius 1 is 1.58 bits per heavy atom. The number of nitrogens with one attached hydrogen (secondary N) is 1. The molecule has 0 spiro atoms. The van der Waals surface area contributed by atoms with Crippen LogP contribution >= 0.6 is 0 Å². The van der Waals surface area contributed by atoms with Crippen molar-refractivity contribution in [3.05, 3.63) is 0 Å². The summed E-state index contributed by atoms with van der Waals surface area (Å²) in [6.07, 6.45) is -0.548. The molecule has 1 aliphatic heterocycles. The highest BCUT2D eigenvalue weighted by Gasteiger charge is 2.27. The minimum atomic E-state index is -0.548. The Labute approximate surface area is 71.9 Å². The van der Waals surface area contributed by atoms with Crippen LogP contribution in [0.3, 0.4) is 0 Å². The summed E-state index contributed by atoms with van der Waals surface area (Å²) in [5.74, 6) is -0.0812. The highest BCUT2D eigenvalue weighted by molar-refractivity contribution is 5.78. The average molecular weight is 173 g/mol. The predicted molar refractivity (Wildman–Crippen MR) is 43.6 cm³/mol. The largest absolute Gasteiger partial charge is 0.388 e. The first-order valence-corrected chi connectivity index (χ1v) is 4.17. The molecular formula is C8H15NO3. The van der Waals surface area contributed by atoms with Crippen LogP contribution in [-0.2, 0) is 9.53 Å². The van der Waals surface area contributed by atoms with Gasteiger partial charge in [0, 0.05) is 5.92 Å². The molecule has 0 aromatic carbocycles. The molecule has 0 aromatic heterocycles. The van der Waals surface area contributed by atoms with Crippen LogP contribution in [0.2, 0.25) is 0 Å². The normalized spacial score (nSPS) is 29.3. The Morgan fingerprint density at radius 2 is 2.25 bits per heavy atom. The fourth-order valence-corrected chi connectivity index (χ4v) is 1.03. The van der Waals surface area contributed by atoms with Crippen LogP contribution < -0.4 is 5.32 Å². The Hall–Kier alpha value is -0.610. The molecule has 0 aromatic rings. The molecule has 70 valence electrons. The molecule has 0 aliphatic carbocycles. The number of aliphatic hydroxyl groups excluding tert-OH is 1. The third-order valence-electron chi connectivity index (χ3n) is 1.90. The minimum absolute atomic E-state index is 0.0375. The average Bonchev–Trinajstić information content (AvgIpc) is 2.36. The van der Waals surface area contributed by atoms with E-state index in [9.17, 15) is 9.90 Å². The SMILES string of the molecule is CC(C)C(=O)N[C@@H]1COC[C@@H]1O. The number of ether oxygens (including phenoxy) is 1. The highest BCUT2D eigenvalue weighted by Crippen LogP contribution is 2.05. The zero-order valence-corrected chi connectivity index (χ0v) is 7.41. The molecular weight excluding hydrogens is 158 g/mol. The third-order valence-corrected chi connectivity index (χ3v) is 1.90. The van der Waals surface area contributed by atoms with E-state index in [4.69, 9.17) is 4.74 Å². The standard InChI is InChI=1S/C8H15NO3/c1-5(2)8(11)9-6-3-12-4-7(6)10/h5-7,10H,3-4H2,1-2H3,(H,9,11)/t6-,7+/m1/s1. The van der Waals surface area contributed by atoms with Crippen LogP contribution in [0.5, 0.6) is 0 Å². The Kier molecular flexibility index (Phi) is 3.05. The second-order valence-corrected chi connectivity index (χ2v) is 3.37. The van der Waals surface area contributed by atoms with E-state index in [1.807, 2.05) is 13.8 Å². The number of amides is 1. The number of rotatable bonds is 2. The van der Waals surface area contributed by atoms with Gasteiger partial charge in [-0.1, -0.05) is 13.8 Å². The molecule has 1 saturated heterocycles. The first kappa shape index (κ1) is 9.48. The van der Waals surface area contributed by atoms with Crippen molar-refractivity contribution in [2.75, 3.05) is 13.2 Å². The quantitative estimate of drug-likeness (QED) is 0.593. The lowest BCUT2D eigenvalue weighted by Gasteiger charge is -2.15. The van der Waals surface area contributed by atoms with Crippen LogP contribution in [0, 0.1) is 5.92 Å². The molecule has 0 saturated carbocycles. The summed E-state index contributed by atoms with van der Waals surface area (Å²) in [7, 11) is 0. The van der Waals surface area contributed by atoms with E-state index in [0.717, 1.165) is 0 Å². The van der Waals surface area contributed by atoms with Crippen LogP contribution in [-0.4, -0.2) is 36.4 Å². The number of carbonyl (C=O) groups excluding carboxylic acids is 1. The summed E-state index contributed by atoms with van der Waals surface area (Å²) < 4.78 is 4.99. The lowest BCUT2D eigenvalue weighted by Crippen LogP contribution is -2.44. The number of aliphatic hydroxyl groups is 1. The molecule has 0 bridgehead atoms. The summed E-state index contributed by atoms with van der Waals surface area (Å²) in [5, 5.41) is 12.0. The van der Waals surface area contributed by atoms with Crippen molar-refractivity contribution in [3.63, 3.8) is 0 Å². The van der Waals surface area contributed by atoms with Gasteiger partial charge in [0.1, 0.15) is 0 Å². The van der Waals surface area contributed by atoms with Gasteiger partial charge >= 0.3 is 0 Å². The van der Waals surface area contributed by atoms with Crippen LogP contribution in [0.1, 0.15) is 13.8 Å². The van der Waals surface area contributed by atoms with Gasteiger partial charge in [-0.2, -0.15) is 0 Å². The summed E-state index contributed by atoms with van der Waals surface area (Å²) in [4.78, 5) is 11.2. The molecule has 0 radical (unpaired) electrons. The molecule has 2 N–H and O–H groups in total. The summed E-state index contributed by atoms with van der Waals surface area (Å²) in [6.45, 7) is 4.37. The van der Waals surface area contributed by atoms with E-state index in [0.29, 0.717) is 13.2 Å². The first-order chi connectivity index (χ1) is 5.61. The summed E-state index contributed by atoms with van der Waals surface area (Å²) >= 11 is 0. The molecule has 1 fully saturated rings. The van der Waals surface area contributed by atoms with E-state index in [-0.39, 0.29) is 17.9 Å². The van der Waals surface area contributed by atoms with Gasteiger partial charge in [-0.25, -0.2) is 0 Å². The van der Waals surface area contributed by atoms with Crippen molar-refractivity contribution in [2.24, 2.45) is 5.92 Å². The first-order valence-electron chi connectivity index (χ1n) is 4.17. The molecule has 1 rings (SSSR count). The van der Waals surface area contributed by atoms with Crippen molar-refractivity contribution in [1.82, 2.24) is 5.32 Å².